The summed E-state index contributed by atoms with van der Waals surface area (Å²) >= 11 is 0. The summed E-state index contributed by atoms with van der Waals surface area (Å²) in [6.45, 7) is 9.14. The van der Waals surface area contributed by atoms with Gasteiger partial charge in [-0.15, -0.1) is 0 Å². The summed E-state index contributed by atoms with van der Waals surface area (Å²) in [4.78, 5) is 20.6. The van der Waals surface area contributed by atoms with E-state index in [9.17, 15) is 4.79 Å². The summed E-state index contributed by atoms with van der Waals surface area (Å²) in [7, 11) is 0. The summed E-state index contributed by atoms with van der Waals surface area (Å²) < 4.78 is 16.7. The van der Waals surface area contributed by atoms with Crippen molar-refractivity contribution in [1.29, 1.82) is 0 Å². The molecule has 2 aromatic carbocycles. The molecule has 0 N–H and O–H groups in total. The molecule has 36 heavy (non-hydrogen) atoms. The highest BCUT2D eigenvalue weighted by molar-refractivity contribution is 5.81. The van der Waals surface area contributed by atoms with Gasteiger partial charge in [-0.05, 0) is 80.3 Å². The third kappa shape index (κ3) is 12.8. The Kier molecular flexibility index (Phi) is 15.0. The molecule has 2 aromatic rings. The number of carbonyl (C=O) groups is 1. The van der Waals surface area contributed by atoms with E-state index in [4.69, 9.17) is 24.0 Å². The van der Waals surface area contributed by atoms with E-state index >= 15 is 0 Å². The van der Waals surface area contributed by atoms with Crippen molar-refractivity contribution in [3.8, 4) is 22.6 Å². The molecule has 6 heteroatoms. The Labute approximate surface area is 215 Å². The first-order valence-corrected chi connectivity index (χ1v) is 12.6. The van der Waals surface area contributed by atoms with Crippen molar-refractivity contribution >= 4 is 5.97 Å². The minimum Gasteiger partial charge on any atom is -0.494 e. The summed E-state index contributed by atoms with van der Waals surface area (Å²) in [5.74, 6) is 1.39. The first kappa shape index (κ1) is 28.8. The highest BCUT2D eigenvalue weighted by Crippen LogP contribution is 2.25. The minimum atomic E-state index is -0.361. The quantitative estimate of drug-likeness (QED) is 0.0369. The molecule has 0 spiro atoms. The molecule has 6 nitrogen and oxygen atoms in total. The predicted octanol–water partition coefficient (Wildman–Crippen LogP) is 7.21. The second-order valence-corrected chi connectivity index (χ2v) is 8.19. The number of benzene rings is 2. The van der Waals surface area contributed by atoms with Crippen LogP contribution in [0.25, 0.3) is 11.1 Å². The SMILES string of the molecule is C=C=COOCCCCCCOc1ccc(-c2ccc(OCCCCCCOC(=O)C=C)cc2)cc1. The third-order valence-corrected chi connectivity index (χ3v) is 5.35. The molecule has 0 aliphatic heterocycles. The molecule has 0 saturated heterocycles. The van der Waals surface area contributed by atoms with E-state index < -0.39 is 0 Å². The zero-order valence-corrected chi connectivity index (χ0v) is 21.1. The van der Waals surface area contributed by atoms with Crippen LogP contribution in [-0.2, 0) is 19.3 Å². The second-order valence-electron chi connectivity index (χ2n) is 8.19. The predicted molar refractivity (Wildman–Crippen MR) is 142 cm³/mol. The fourth-order valence-corrected chi connectivity index (χ4v) is 3.39. The van der Waals surface area contributed by atoms with Gasteiger partial charge in [0.25, 0.3) is 0 Å². The Morgan fingerprint density at radius 3 is 1.64 bits per heavy atom. The van der Waals surface area contributed by atoms with Crippen molar-refractivity contribution < 1.29 is 28.8 Å². The molecule has 0 fully saturated rings. The lowest BCUT2D eigenvalue weighted by molar-refractivity contribution is -0.248. The van der Waals surface area contributed by atoms with E-state index in [1.165, 1.54) is 12.3 Å². The summed E-state index contributed by atoms with van der Waals surface area (Å²) in [5, 5.41) is 0. The van der Waals surface area contributed by atoms with E-state index in [-0.39, 0.29) is 5.97 Å². The number of ether oxygens (including phenoxy) is 3. The fourth-order valence-electron chi connectivity index (χ4n) is 3.39. The van der Waals surface area contributed by atoms with Gasteiger partial charge in [0.05, 0.1) is 26.4 Å². The summed E-state index contributed by atoms with van der Waals surface area (Å²) in [6.07, 6.45) is 10.5. The van der Waals surface area contributed by atoms with Crippen molar-refractivity contribution in [2.45, 2.75) is 51.4 Å². The van der Waals surface area contributed by atoms with Gasteiger partial charge >= 0.3 is 5.97 Å². The number of hydrogen-bond acceptors (Lipinski definition) is 6. The van der Waals surface area contributed by atoms with Crippen LogP contribution in [0.3, 0.4) is 0 Å². The zero-order chi connectivity index (χ0) is 25.7. The van der Waals surface area contributed by atoms with Gasteiger partial charge in [0.1, 0.15) is 11.5 Å². The molecule has 2 rings (SSSR count). The Hall–Kier alpha value is -3.47. The molecule has 0 aliphatic carbocycles. The fraction of sp³-hybridized carbons (Fsp3) is 0.400. The zero-order valence-electron chi connectivity index (χ0n) is 21.1. The van der Waals surface area contributed by atoms with Crippen molar-refractivity contribution in [3.05, 3.63) is 79.8 Å². The number of carbonyl (C=O) groups excluding carboxylic acids is 1. The maximum Gasteiger partial charge on any atom is 0.330 e. The molecular weight excluding hydrogens is 456 g/mol. The first-order valence-electron chi connectivity index (χ1n) is 12.6. The molecule has 0 aliphatic rings. The van der Waals surface area contributed by atoms with Crippen molar-refractivity contribution in [2.24, 2.45) is 0 Å². The van der Waals surface area contributed by atoms with Crippen LogP contribution in [0.5, 0.6) is 11.5 Å². The molecule has 0 amide bonds. The van der Waals surface area contributed by atoms with Gasteiger partial charge in [0, 0.05) is 6.08 Å². The summed E-state index contributed by atoms with van der Waals surface area (Å²) in [5.41, 5.74) is 4.76. The van der Waals surface area contributed by atoms with Crippen LogP contribution in [0.4, 0.5) is 0 Å². The Bertz CT molecular complexity index is 913. The Balaban J connectivity index is 1.56. The van der Waals surface area contributed by atoms with E-state index in [2.05, 4.69) is 43.2 Å². The van der Waals surface area contributed by atoms with Crippen LogP contribution in [0, 0.1) is 0 Å². The van der Waals surface area contributed by atoms with Crippen molar-refractivity contribution in [3.63, 3.8) is 0 Å². The van der Waals surface area contributed by atoms with Gasteiger partial charge in [-0.1, -0.05) is 49.6 Å². The van der Waals surface area contributed by atoms with Crippen LogP contribution in [0.15, 0.2) is 79.8 Å². The second kappa shape index (κ2) is 18.8. The molecule has 0 atom stereocenters. The number of rotatable bonds is 20. The van der Waals surface area contributed by atoms with Crippen LogP contribution in [0.1, 0.15) is 51.4 Å². The van der Waals surface area contributed by atoms with Gasteiger partial charge in [-0.2, -0.15) is 4.89 Å². The molecule has 0 bridgehead atoms. The third-order valence-electron chi connectivity index (χ3n) is 5.35. The molecule has 0 heterocycles. The highest BCUT2D eigenvalue weighted by Gasteiger charge is 2.02. The van der Waals surface area contributed by atoms with E-state index in [1.54, 1.807) is 0 Å². The monoisotopic (exact) mass is 494 g/mol. The summed E-state index contributed by atoms with van der Waals surface area (Å²) in [6, 6.07) is 16.3. The molecule has 194 valence electrons. The molecule has 0 unspecified atom stereocenters. The lowest BCUT2D eigenvalue weighted by Crippen LogP contribution is -2.02. The highest BCUT2D eigenvalue weighted by atomic mass is 17.2. The standard InChI is InChI=1S/C30H38O6/c1-3-21-35-36-25-12-8-7-10-23-33-29-19-15-27(16-20-29)26-13-17-28(18-14-26)32-22-9-5-6-11-24-34-30(31)4-2/h4,13-21H,1-2,5-12,22-25H2. The number of hydrogen-bond donors (Lipinski definition) is 0. The number of unbranched alkanes of at least 4 members (excludes halogenated alkanes) is 6. The molecule has 0 radical (unpaired) electrons. The normalized spacial score (nSPS) is 10.2. The van der Waals surface area contributed by atoms with Gasteiger partial charge < -0.3 is 19.1 Å². The van der Waals surface area contributed by atoms with E-state index in [0.717, 1.165) is 74.0 Å². The van der Waals surface area contributed by atoms with Gasteiger partial charge in [-0.3, -0.25) is 0 Å². The molecule has 0 saturated carbocycles. The maximum atomic E-state index is 11.0. The average Bonchev–Trinajstić information content (AvgIpc) is 2.91. The molecular formula is C30H38O6. The Morgan fingerprint density at radius 1 is 0.694 bits per heavy atom. The van der Waals surface area contributed by atoms with Crippen molar-refractivity contribution in [2.75, 3.05) is 26.4 Å². The Morgan fingerprint density at radius 2 is 1.17 bits per heavy atom. The van der Waals surface area contributed by atoms with Gasteiger partial charge in [0.15, 0.2) is 6.26 Å². The largest absolute Gasteiger partial charge is 0.494 e. The smallest absolute Gasteiger partial charge is 0.330 e. The van der Waals surface area contributed by atoms with Crippen LogP contribution in [-0.4, -0.2) is 32.4 Å². The van der Waals surface area contributed by atoms with E-state index in [0.29, 0.717) is 26.4 Å². The number of esters is 1. The average molecular weight is 495 g/mol. The van der Waals surface area contributed by atoms with Gasteiger partial charge in [-0.25, -0.2) is 4.79 Å². The maximum absolute atomic E-state index is 11.0. The van der Waals surface area contributed by atoms with E-state index in [1.807, 2.05) is 24.3 Å². The lowest BCUT2D eigenvalue weighted by atomic mass is 10.1. The topological polar surface area (TPSA) is 63.2 Å². The molecule has 0 aromatic heterocycles. The van der Waals surface area contributed by atoms with Crippen LogP contribution < -0.4 is 9.47 Å². The van der Waals surface area contributed by atoms with Crippen LogP contribution in [0.2, 0.25) is 0 Å². The minimum absolute atomic E-state index is 0.361. The first-order chi connectivity index (χ1) is 17.7. The lowest BCUT2D eigenvalue weighted by Gasteiger charge is -2.09. The van der Waals surface area contributed by atoms with Gasteiger partial charge in [0.2, 0.25) is 0 Å². The van der Waals surface area contributed by atoms with Crippen molar-refractivity contribution in [1.82, 2.24) is 0 Å². The van der Waals surface area contributed by atoms with Crippen LogP contribution >= 0.6 is 0 Å².